The van der Waals surface area contributed by atoms with Crippen LogP contribution in [0.5, 0.6) is 0 Å². The summed E-state index contributed by atoms with van der Waals surface area (Å²) in [5, 5.41) is 17.0. The van der Waals surface area contributed by atoms with Gasteiger partial charge in [0.15, 0.2) is 19.7 Å². The predicted octanol–water partition coefficient (Wildman–Crippen LogP) is 23.4. The van der Waals surface area contributed by atoms with Gasteiger partial charge >= 0.3 is 0 Å². The van der Waals surface area contributed by atoms with Gasteiger partial charge in [0.2, 0.25) is 0 Å². The van der Waals surface area contributed by atoms with Crippen LogP contribution in [-0.4, -0.2) is 37.1 Å². The number of fused-ring (bicyclic) bond motifs is 14. The Labute approximate surface area is 632 Å². The molecule has 0 fully saturated rings. The van der Waals surface area contributed by atoms with Crippen molar-refractivity contribution in [3.63, 3.8) is 0 Å². The van der Waals surface area contributed by atoms with E-state index in [1.54, 1.807) is 0 Å². The molecule has 0 unspecified atom stereocenters. The smallest absolute Gasteiger partial charge is 0.179 e. The molecule has 0 spiro atoms. The average molecular weight is 1430 g/mol. The van der Waals surface area contributed by atoms with Gasteiger partial charge in [-0.25, -0.2) is 19.9 Å². The zero-order valence-corrected chi connectivity index (χ0v) is 60.8. The molecule has 6 heterocycles. The molecule has 0 amide bonds. The Bertz CT molecular complexity index is 7190. The fourth-order valence-corrected chi connectivity index (χ4v) is 22.6. The Kier molecular flexibility index (Phi) is 15.3. The largest absolute Gasteiger partial charge is 0.456 e. The first-order valence-corrected chi connectivity index (χ1v) is 39.7. The second kappa shape index (κ2) is 26.3. The van der Waals surface area contributed by atoms with Crippen LogP contribution < -0.4 is 20.7 Å². The Balaban J connectivity index is 0.000000143. The predicted molar refractivity (Wildman–Crippen MR) is 459 cm³/mol. The highest BCUT2D eigenvalue weighted by molar-refractivity contribution is 7.26. The summed E-state index contributed by atoms with van der Waals surface area (Å²) in [6.07, 6.45) is 0. The van der Waals surface area contributed by atoms with Gasteiger partial charge in [-0.1, -0.05) is 297 Å². The van der Waals surface area contributed by atoms with Crippen LogP contribution in [0.15, 0.2) is 393 Å². The molecule has 0 aliphatic rings. The van der Waals surface area contributed by atoms with E-state index in [2.05, 4.69) is 367 Å². The summed E-state index contributed by atoms with van der Waals surface area (Å²) >= 11 is 1.86. The van der Waals surface area contributed by atoms with Crippen LogP contribution >= 0.6 is 11.3 Å². The molecular weight excluding hydrogens is 1360 g/mol. The van der Waals surface area contributed by atoms with Crippen molar-refractivity contribution < 1.29 is 4.42 Å². The third-order valence-corrected chi connectivity index (χ3v) is 27.6. The van der Waals surface area contributed by atoms with Crippen molar-refractivity contribution in [2.75, 3.05) is 0 Å². The third kappa shape index (κ3) is 10.8. The molecule has 0 saturated carbocycles. The standard InChI is InChI=1S/C56H37N3OSi.C44H27N3S/c1-5-18-38(19-6-1)55-46-29-13-15-30-50(46)57-56(58-55)39-20-17-21-40(34-39)59-51-33-32-44(35-47(51)48-37-54-49(36-52(48)59)45-28-14-16-31-53(45)60-54)61(41-22-7-2-8-23-41,42-24-9-3-10-25-42)43-26-11-4-12-27-43;1-3-12-28(13-4-1)30-22-23-39-35(25-30)36-27-42-37(33-18-8-10-21-41(33)48-42)26-40(36)47(39)32-17-11-16-31(24-32)44-45-38-20-9-7-19-34(38)43(46-44)29-14-5-2-6-15-29/h1-37H;1-27H. The zero-order chi connectivity index (χ0) is 71.9. The summed E-state index contributed by atoms with van der Waals surface area (Å²) in [5.74, 6) is 1.41. The quantitative estimate of drug-likeness (QED) is 0.0953. The highest BCUT2D eigenvalue weighted by Crippen LogP contribution is 2.44. The molecular formula is C100H64N6OSSi. The van der Waals surface area contributed by atoms with Crippen molar-refractivity contribution in [2.24, 2.45) is 0 Å². The summed E-state index contributed by atoms with van der Waals surface area (Å²) in [6.45, 7) is 0. The topological polar surface area (TPSA) is 74.6 Å². The van der Waals surface area contributed by atoms with Crippen LogP contribution in [0.2, 0.25) is 0 Å². The molecule has 7 nitrogen and oxygen atoms in total. The molecule has 510 valence electrons. The second-order valence-corrected chi connectivity index (χ2v) is 32.8. The molecule has 22 aromatic rings. The van der Waals surface area contributed by atoms with Gasteiger partial charge in [0.1, 0.15) is 11.2 Å². The lowest BCUT2D eigenvalue weighted by Crippen LogP contribution is -2.74. The van der Waals surface area contributed by atoms with Crippen molar-refractivity contribution in [2.45, 2.75) is 0 Å². The fourth-order valence-electron chi connectivity index (χ4n) is 16.8. The lowest BCUT2D eigenvalue weighted by molar-refractivity contribution is 0.669. The Morgan fingerprint density at radius 1 is 0.229 bits per heavy atom. The summed E-state index contributed by atoms with van der Waals surface area (Å²) in [4.78, 5) is 20.7. The van der Waals surface area contributed by atoms with Crippen molar-refractivity contribution in [3.8, 4) is 67.8 Å². The second-order valence-electron chi connectivity index (χ2n) is 27.9. The number of hydrogen-bond donors (Lipinski definition) is 0. The van der Waals surface area contributed by atoms with E-state index in [0.717, 1.165) is 105 Å². The van der Waals surface area contributed by atoms with Crippen molar-refractivity contribution in [1.29, 1.82) is 0 Å². The minimum absolute atomic E-state index is 0.690. The van der Waals surface area contributed by atoms with E-state index in [1.807, 2.05) is 41.7 Å². The van der Waals surface area contributed by atoms with Crippen molar-refractivity contribution >= 4 is 148 Å². The summed E-state index contributed by atoms with van der Waals surface area (Å²) in [6, 6.07) is 139. The van der Waals surface area contributed by atoms with E-state index >= 15 is 0 Å². The molecule has 0 atom stereocenters. The molecule has 0 N–H and O–H groups in total. The normalized spacial score (nSPS) is 11.9. The molecule has 0 radical (unpaired) electrons. The number of benzene rings is 16. The van der Waals surface area contributed by atoms with Crippen molar-refractivity contribution in [3.05, 3.63) is 388 Å². The van der Waals surface area contributed by atoms with Gasteiger partial charge in [0.25, 0.3) is 0 Å². The molecule has 0 aliphatic carbocycles. The first-order chi connectivity index (χ1) is 54.0. The summed E-state index contributed by atoms with van der Waals surface area (Å²) < 4.78 is 14.0. The van der Waals surface area contributed by atoms with E-state index in [4.69, 9.17) is 24.4 Å². The summed E-state index contributed by atoms with van der Waals surface area (Å²) in [7, 11) is -2.81. The molecule has 9 heteroatoms. The number of para-hydroxylation sites is 3. The SMILES string of the molecule is c1ccc(-c2ccc3c(c2)c2cc4sc5ccccc5c4cc2n3-c2cccc(-c3nc(-c4ccccc4)c4ccccc4n3)c2)cc1.c1ccc(-c2nc(-c3cccc(-n4c5ccc([Si](c6ccccc6)(c6ccccc6)c6ccccc6)cc5c5cc6oc7ccccc7c6cc54)c3)nc3ccccc23)cc1. The fraction of sp³-hybridized carbons (Fsp3) is 0. The molecule has 109 heavy (non-hydrogen) atoms. The maximum absolute atomic E-state index is 6.57. The van der Waals surface area contributed by atoms with Gasteiger partial charge in [-0.2, -0.15) is 0 Å². The van der Waals surface area contributed by atoms with Gasteiger partial charge < -0.3 is 13.6 Å². The first kappa shape index (κ1) is 63.5. The Hall–Kier alpha value is -14.0. The molecule has 6 aromatic heterocycles. The highest BCUT2D eigenvalue weighted by atomic mass is 32.1. The van der Waals surface area contributed by atoms with Crippen LogP contribution in [0.1, 0.15) is 0 Å². The Morgan fingerprint density at radius 3 is 1.22 bits per heavy atom. The van der Waals surface area contributed by atoms with Gasteiger partial charge in [-0.15, -0.1) is 11.3 Å². The highest BCUT2D eigenvalue weighted by Gasteiger charge is 2.42. The minimum Gasteiger partial charge on any atom is -0.456 e. The average Bonchev–Trinajstić information content (AvgIpc) is 1.43. The number of rotatable bonds is 11. The monoisotopic (exact) mass is 1420 g/mol. The van der Waals surface area contributed by atoms with Gasteiger partial charge in [-0.05, 0) is 123 Å². The van der Waals surface area contributed by atoms with E-state index in [9.17, 15) is 0 Å². The van der Waals surface area contributed by atoms with Gasteiger partial charge in [0.05, 0.1) is 44.5 Å². The molecule has 22 rings (SSSR count). The van der Waals surface area contributed by atoms with E-state index in [-0.39, 0.29) is 0 Å². The lowest BCUT2D eigenvalue weighted by atomic mass is 10.0. The minimum atomic E-state index is -2.81. The van der Waals surface area contributed by atoms with Crippen LogP contribution in [0, 0.1) is 0 Å². The Morgan fingerprint density at radius 2 is 0.661 bits per heavy atom. The number of nitrogens with zero attached hydrogens (tertiary/aromatic N) is 6. The van der Waals surface area contributed by atoms with Crippen LogP contribution in [-0.2, 0) is 0 Å². The van der Waals surface area contributed by atoms with E-state index < -0.39 is 8.07 Å². The molecule has 0 saturated heterocycles. The first-order valence-electron chi connectivity index (χ1n) is 36.9. The molecule has 16 aromatic carbocycles. The van der Waals surface area contributed by atoms with Crippen LogP contribution in [0.4, 0.5) is 0 Å². The lowest BCUT2D eigenvalue weighted by Gasteiger charge is -2.34. The zero-order valence-electron chi connectivity index (χ0n) is 59.0. The van der Waals surface area contributed by atoms with Crippen LogP contribution in [0.25, 0.3) is 175 Å². The maximum atomic E-state index is 6.57. The molecule has 0 bridgehead atoms. The maximum Gasteiger partial charge on any atom is 0.179 e. The van der Waals surface area contributed by atoms with Gasteiger partial charge in [0, 0.05) is 96.9 Å². The third-order valence-electron chi connectivity index (χ3n) is 21.7. The van der Waals surface area contributed by atoms with Gasteiger partial charge in [-0.3, -0.25) is 0 Å². The number of thiophene rings is 1. The molecule has 0 aliphatic heterocycles. The van der Waals surface area contributed by atoms with Crippen molar-refractivity contribution in [1.82, 2.24) is 29.1 Å². The number of furan rings is 1. The summed E-state index contributed by atoms with van der Waals surface area (Å²) in [5.41, 5.74) is 18.7. The number of aromatic nitrogens is 6. The van der Waals surface area contributed by atoms with Crippen LogP contribution in [0.3, 0.4) is 0 Å². The van der Waals surface area contributed by atoms with E-state index in [0.29, 0.717) is 11.6 Å². The number of hydrogen-bond acceptors (Lipinski definition) is 6. The van der Waals surface area contributed by atoms with E-state index in [1.165, 1.54) is 79.2 Å².